The van der Waals surface area contributed by atoms with Crippen LogP contribution in [-0.2, 0) is 6.54 Å². The van der Waals surface area contributed by atoms with Crippen molar-refractivity contribution in [3.05, 3.63) is 40.5 Å². The van der Waals surface area contributed by atoms with Crippen LogP contribution in [0, 0.1) is 5.82 Å². The Labute approximate surface area is 98.2 Å². The Morgan fingerprint density at radius 2 is 2.19 bits per heavy atom. The van der Waals surface area contributed by atoms with Gasteiger partial charge in [-0.15, -0.1) is 11.3 Å². The van der Waals surface area contributed by atoms with Crippen LogP contribution in [0.2, 0.25) is 0 Å². The molecular formula is C12H13FN2S. The summed E-state index contributed by atoms with van der Waals surface area (Å²) in [7, 11) is 0. The molecule has 2 aromatic rings. The second-order valence-electron chi connectivity index (χ2n) is 3.39. The third kappa shape index (κ3) is 2.46. The highest BCUT2D eigenvalue weighted by Crippen LogP contribution is 2.24. The van der Waals surface area contributed by atoms with Gasteiger partial charge in [0.15, 0.2) is 0 Å². The number of nitrogens with one attached hydrogen (secondary N) is 1. The lowest BCUT2D eigenvalue weighted by molar-refractivity contribution is 0.630. The van der Waals surface area contributed by atoms with Crippen LogP contribution >= 0.6 is 11.3 Å². The molecule has 1 aromatic heterocycles. The number of hydrogen-bond donors (Lipinski definition) is 1. The number of hydrogen-bond acceptors (Lipinski definition) is 3. The van der Waals surface area contributed by atoms with Gasteiger partial charge < -0.3 is 5.32 Å². The first-order valence-corrected chi connectivity index (χ1v) is 6.09. The molecule has 0 saturated carbocycles. The Bertz CT molecular complexity index is 468. The lowest BCUT2D eigenvalue weighted by Crippen LogP contribution is -2.11. The first-order chi connectivity index (χ1) is 7.81. The average molecular weight is 236 g/mol. The minimum absolute atomic E-state index is 0.220. The summed E-state index contributed by atoms with van der Waals surface area (Å²) in [6, 6.07) is 6.71. The maximum absolute atomic E-state index is 13.5. The van der Waals surface area contributed by atoms with Crippen LogP contribution in [-0.4, -0.2) is 11.5 Å². The molecule has 4 heteroatoms. The van der Waals surface area contributed by atoms with E-state index in [2.05, 4.69) is 10.3 Å². The summed E-state index contributed by atoms with van der Waals surface area (Å²) in [5, 5.41) is 6.08. The molecule has 2 rings (SSSR count). The fourth-order valence-electron chi connectivity index (χ4n) is 1.42. The third-order valence-corrected chi connectivity index (χ3v) is 3.08. The lowest BCUT2D eigenvalue weighted by Gasteiger charge is -1.98. The maximum Gasteiger partial charge on any atom is 0.132 e. The molecule has 0 aliphatic heterocycles. The van der Waals surface area contributed by atoms with Gasteiger partial charge in [0.25, 0.3) is 0 Å². The van der Waals surface area contributed by atoms with Crippen LogP contribution in [0.15, 0.2) is 29.6 Å². The van der Waals surface area contributed by atoms with E-state index in [0.29, 0.717) is 5.56 Å². The molecular weight excluding hydrogens is 223 g/mol. The molecule has 2 nitrogen and oxygen atoms in total. The number of thiazole rings is 1. The van der Waals surface area contributed by atoms with E-state index in [0.717, 1.165) is 23.8 Å². The zero-order valence-corrected chi connectivity index (χ0v) is 9.85. The van der Waals surface area contributed by atoms with E-state index in [1.54, 1.807) is 23.5 Å². The van der Waals surface area contributed by atoms with Crippen molar-refractivity contribution in [1.82, 2.24) is 10.3 Å². The Morgan fingerprint density at radius 3 is 2.94 bits per heavy atom. The summed E-state index contributed by atoms with van der Waals surface area (Å²) in [6.07, 6.45) is 0. The number of halogens is 1. The van der Waals surface area contributed by atoms with E-state index in [1.165, 1.54) is 6.07 Å². The van der Waals surface area contributed by atoms with Crippen molar-refractivity contribution in [1.29, 1.82) is 0 Å². The maximum atomic E-state index is 13.5. The molecule has 16 heavy (non-hydrogen) atoms. The van der Waals surface area contributed by atoms with Gasteiger partial charge in [-0.3, -0.25) is 0 Å². The Morgan fingerprint density at radius 1 is 1.38 bits per heavy atom. The molecule has 0 radical (unpaired) electrons. The van der Waals surface area contributed by atoms with Crippen molar-refractivity contribution < 1.29 is 4.39 Å². The molecule has 1 heterocycles. The molecule has 84 valence electrons. The molecule has 0 unspecified atom stereocenters. The van der Waals surface area contributed by atoms with Crippen molar-refractivity contribution in [3.8, 4) is 11.3 Å². The van der Waals surface area contributed by atoms with Gasteiger partial charge in [0, 0.05) is 17.5 Å². The van der Waals surface area contributed by atoms with Crippen LogP contribution in [0.5, 0.6) is 0 Å². The van der Waals surface area contributed by atoms with E-state index in [4.69, 9.17) is 0 Å². The van der Waals surface area contributed by atoms with E-state index >= 15 is 0 Å². The van der Waals surface area contributed by atoms with E-state index in [1.807, 2.05) is 18.4 Å². The van der Waals surface area contributed by atoms with E-state index < -0.39 is 0 Å². The SMILES string of the molecule is CCNCc1nc(-c2ccccc2F)cs1. The summed E-state index contributed by atoms with van der Waals surface area (Å²) in [6.45, 7) is 3.70. The molecule has 0 amide bonds. The van der Waals surface area contributed by atoms with E-state index in [9.17, 15) is 4.39 Å². The topological polar surface area (TPSA) is 24.9 Å². The Kier molecular flexibility index (Phi) is 3.64. The monoisotopic (exact) mass is 236 g/mol. The second kappa shape index (κ2) is 5.18. The van der Waals surface area contributed by atoms with Crippen LogP contribution in [0.3, 0.4) is 0 Å². The van der Waals surface area contributed by atoms with Gasteiger partial charge in [0.2, 0.25) is 0 Å². The summed E-state index contributed by atoms with van der Waals surface area (Å²) >= 11 is 1.55. The molecule has 0 saturated heterocycles. The molecule has 0 aliphatic rings. The quantitative estimate of drug-likeness (QED) is 0.882. The van der Waals surface area contributed by atoms with Gasteiger partial charge in [-0.1, -0.05) is 19.1 Å². The zero-order chi connectivity index (χ0) is 11.4. The Balaban J connectivity index is 2.22. The highest BCUT2D eigenvalue weighted by atomic mass is 32.1. The van der Waals surface area contributed by atoms with Gasteiger partial charge in [0.1, 0.15) is 10.8 Å². The fraction of sp³-hybridized carbons (Fsp3) is 0.250. The van der Waals surface area contributed by atoms with Crippen LogP contribution < -0.4 is 5.32 Å². The zero-order valence-electron chi connectivity index (χ0n) is 9.03. The normalized spacial score (nSPS) is 10.6. The van der Waals surface area contributed by atoms with Crippen LogP contribution in [0.4, 0.5) is 4.39 Å². The van der Waals surface area contributed by atoms with Gasteiger partial charge in [-0.05, 0) is 18.7 Å². The standard InChI is InChI=1S/C12H13FN2S/c1-2-14-7-12-15-11(8-16-12)9-5-3-4-6-10(9)13/h3-6,8,14H,2,7H2,1H3. The van der Waals surface area contributed by atoms with Crippen molar-refractivity contribution in [2.75, 3.05) is 6.54 Å². The summed E-state index contributed by atoms with van der Waals surface area (Å²) in [4.78, 5) is 4.39. The molecule has 1 aromatic carbocycles. The highest BCUT2D eigenvalue weighted by molar-refractivity contribution is 7.09. The predicted molar refractivity (Wildman–Crippen MR) is 64.9 cm³/mol. The van der Waals surface area contributed by atoms with Gasteiger partial charge in [0.05, 0.1) is 5.69 Å². The first kappa shape index (κ1) is 11.2. The molecule has 0 aliphatic carbocycles. The van der Waals surface area contributed by atoms with Crippen molar-refractivity contribution in [3.63, 3.8) is 0 Å². The molecule has 0 bridgehead atoms. The lowest BCUT2D eigenvalue weighted by atomic mass is 10.2. The van der Waals surface area contributed by atoms with Crippen molar-refractivity contribution >= 4 is 11.3 Å². The third-order valence-electron chi connectivity index (χ3n) is 2.23. The number of aromatic nitrogens is 1. The fourth-order valence-corrected chi connectivity index (χ4v) is 2.18. The van der Waals surface area contributed by atoms with E-state index in [-0.39, 0.29) is 5.82 Å². The Hall–Kier alpha value is -1.26. The second-order valence-corrected chi connectivity index (χ2v) is 4.33. The molecule has 0 spiro atoms. The van der Waals surface area contributed by atoms with Crippen LogP contribution in [0.1, 0.15) is 11.9 Å². The van der Waals surface area contributed by atoms with Gasteiger partial charge >= 0.3 is 0 Å². The van der Waals surface area contributed by atoms with Crippen molar-refractivity contribution in [2.24, 2.45) is 0 Å². The predicted octanol–water partition coefficient (Wildman–Crippen LogP) is 3.06. The summed E-state index contributed by atoms with van der Waals surface area (Å²) < 4.78 is 13.5. The number of benzene rings is 1. The first-order valence-electron chi connectivity index (χ1n) is 5.21. The molecule has 1 N–H and O–H groups in total. The number of nitrogens with zero attached hydrogens (tertiary/aromatic N) is 1. The minimum Gasteiger partial charge on any atom is -0.311 e. The summed E-state index contributed by atoms with van der Waals surface area (Å²) in [5.41, 5.74) is 1.29. The smallest absolute Gasteiger partial charge is 0.132 e. The number of rotatable bonds is 4. The average Bonchev–Trinajstić information content (AvgIpc) is 2.75. The molecule has 0 atom stereocenters. The minimum atomic E-state index is -0.220. The van der Waals surface area contributed by atoms with Crippen LogP contribution in [0.25, 0.3) is 11.3 Å². The summed E-state index contributed by atoms with van der Waals surface area (Å²) in [5.74, 6) is -0.220. The van der Waals surface area contributed by atoms with Gasteiger partial charge in [-0.25, -0.2) is 9.37 Å². The van der Waals surface area contributed by atoms with Gasteiger partial charge in [-0.2, -0.15) is 0 Å². The largest absolute Gasteiger partial charge is 0.311 e. The molecule has 0 fully saturated rings. The van der Waals surface area contributed by atoms with Crippen molar-refractivity contribution in [2.45, 2.75) is 13.5 Å². The highest BCUT2D eigenvalue weighted by Gasteiger charge is 2.07.